The van der Waals surface area contributed by atoms with Crippen LogP contribution in [0.2, 0.25) is 0 Å². The number of nitrogens with zero attached hydrogens (tertiary/aromatic N) is 5. The number of rotatable bonds is 4. The molecule has 2 aromatic heterocycles. The third-order valence-electron chi connectivity index (χ3n) is 5.02. The van der Waals surface area contributed by atoms with E-state index in [0.29, 0.717) is 23.5 Å². The van der Waals surface area contributed by atoms with Crippen molar-refractivity contribution in [2.24, 2.45) is 7.05 Å². The summed E-state index contributed by atoms with van der Waals surface area (Å²) >= 11 is 0. The van der Waals surface area contributed by atoms with Crippen molar-refractivity contribution < 1.29 is 21.4 Å². The smallest absolute Gasteiger partial charge is 0.248 e. The lowest BCUT2D eigenvalue weighted by Crippen LogP contribution is -2.37. The van der Waals surface area contributed by atoms with Crippen molar-refractivity contribution in [3.63, 3.8) is 0 Å². The van der Waals surface area contributed by atoms with Crippen LogP contribution in [0.3, 0.4) is 0 Å². The summed E-state index contributed by atoms with van der Waals surface area (Å²) in [5.74, 6) is 0.229. The average molecular weight is 432 g/mol. The SMILES string of the molecule is Cc1noc(C)c1S(=O)(=O)N1CCCN(S(=O)(=O)c2c(C)nn(C)c2C)CC1. The van der Waals surface area contributed by atoms with Crippen molar-refractivity contribution in [3.05, 3.63) is 22.8 Å². The number of sulfonamides is 2. The van der Waals surface area contributed by atoms with Gasteiger partial charge in [0.15, 0.2) is 5.76 Å². The Labute approximate surface area is 165 Å². The van der Waals surface area contributed by atoms with Crippen molar-refractivity contribution in [2.75, 3.05) is 26.2 Å². The third-order valence-corrected chi connectivity index (χ3v) is 9.32. The second-order valence-electron chi connectivity index (χ2n) is 6.94. The summed E-state index contributed by atoms with van der Waals surface area (Å²) in [5, 5.41) is 7.91. The molecule has 0 saturated carbocycles. The topological polar surface area (TPSA) is 119 Å². The van der Waals surface area contributed by atoms with Gasteiger partial charge in [-0.2, -0.15) is 13.7 Å². The minimum absolute atomic E-state index is 0.0581. The molecular weight excluding hydrogens is 406 g/mol. The van der Waals surface area contributed by atoms with E-state index < -0.39 is 20.0 Å². The highest BCUT2D eigenvalue weighted by atomic mass is 32.2. The van der Waals surface area contributed by atoms with Gasteiger partial charge in [-0.25, -0.2) is 16.8 Å². The summed E-state index contributed by atoms with van der Waals surface area (Å²) in [6.45, 7) is 7.09. The molecule has 3 heterocycles. The van der Waals surface area contributed by atoms with Gasteiger partial charge in [0.1, 0.15) is 15.5 Å². The van der Waals surface area contributed by atoms with Crippen molar-refractivity contribution >= 4 is 20.0 Å². The monoisotopic (exact) mass is 431 g/mol. The van der Waals surface area contributed by atoms with Crippen LogP contribution in [0.15, 0.2) is 14.3 Å². The van der Waals surface area contributed by atoms with E-state index in [2.05, 4.69) is 10.3 Å². The van der Waals surface area contributed by atoms with Crippen molar-refractivity contribution in [2.45, 2.75) is 43.9 Å². The lowest BCUT2D eigenvalue weighted by molar-refractivity contribution is 0.387. The molecule has 1 saturated heterocycles. The Morgan fingerprint density at radius 3 is 1.79 bits per heavy atom. The van der Waals surface area contributed by atoms with Gasteiger partial charge in [0.25, 0.3) is 0 Å². The molecule has 28 heavy (non-hydrogen) atoms. The Morgan fingerprint density at radius 1 is 0.821 bits per heavy atom. The molecule has 0 spiro atoms. The molecule has 1 aliphatic heterocycles. The minimum Gasteiger partial charge on any atom is -0.360 e. The fourth-order valence-corrected chi connectivity index (χ4v) is 7.21. The first-order valence-corrected chi connectivity index (χ1v) is 11.8. The van der Waals surface area contributed by atoms with E-state index in [1.54, 1.807) is 34.7 Å². The van der Waals surface area contributed by atoms with Gasteiger partial charge < -0.3 is 4.52 Å². The van der Waals surface area contributed by atoms with Crippen LogP contribution in [0, 0.1) is 27.7 Å². The second kappa shape index (κ2) is 7.25. The Balaban J connectivity index is 1.88. The third kappa shape index (κ3) is 3.38. The Morgan fingerprint density at radius 2 is 1.36 bits per heavy atom. The van der Waals surface area contributed by atoms with E-state index in [-0.39, 0.29) is 41.7 Å². The molecule has 2 aromatic rings. The van der Waals surface area contributed by atoms with Crippen LogP contribution in [-0.2, 0) is 27.1 Å². The maximum atomic E-state index is 13.2. The van der Waals surface area contributed by atoms with Gasteiger partial charge in [0.2, 0.25) is 20.0 Å². The van der Waals surface area contributed by atoms with Gasteiger partial charge in [-0.3, -0.25) is 4.68 Å². The van der Waals surface area contributed by atoms with Crippen LogP contribution >= 0.6 is 0 Å². The standard InChI is InChI=1S/C16H25N5O5S2/c1-11-15(13(3)19(5)17-11)27(22,23)20-7-6-8-21(10-9-20)28(24,25)16-12(2)18-26-14(16)4/h6-10H2,1-5H3. The lowest BCUT2D eigenvalue weighted by atomic mass is 10.4. The number of aromatic nitrogens is 3. The van der Waals surface area contributed by atoms with Crippen LogP contribution < -0.4 is 0 Å². The van der Waals surface area contributed by atoms with Gasteiger partial charge in [-0.05, 0) is 34.1 Å². The maximum Gasteiger partial charge on any atom is 0.248 e. The van der Waals surface area contributed by atoms with Crippen LogP contribution in [0.5, 0.6) is 0 Å². The van der Waals surface area contributed by atoms with E-state index >= 15 is 0 Å². The van der Waals surface area contributed by atoms with Crippen molar-refractivity contribution in [1.82, 2.24) is 23.5 Å². The zero-order valence-corrected chi connectivity index (χ0v) is 18.3. The molecule has 0 amide bonds. The molecule has 0 radical (unpaired) electrons. The first-order chi connectivity index (χ1) is 13.0. The van der Waals surface area contributed by atoms with Crippen LogP contribution in [0.1, 0.15) is 29.3 Å². The molecule has 0 aromatic carbocycles. The zero-order chi connectivity index (χ0) is 20.9. The van der Waals surface area contributed by atoms with E-state index in [0.717, 1.165) is 0 Å². The summed E-state index contributed by atoms with van der Waals surface area (Å²) in [5.41, 5.74) is 1.29. The molecule has 0 N–H and O–H groups in total. The summed E-state index contributed by atoms with van der Waals surface area (Å²) in [6.07, 6.45) is 0.389. The predicted octanol–water partition coefficient (Wildman–Crippen LogP) is 0.727. The molecule has 0 aliphatic carbocycles. The molecular formula is C16H25N5O5S2. The average Bonchev–Trinajstić information content (AvgIpc) is 2.93. The summed E-state index contributed by atoms with van der Waals surface area (Å²) < 4.78 is 61.6. The normalized spacial score (nSPS) is 17.8. The van der Waals surface area contributed by atoms with Gasteiger partial charge in [0.05, 0.1) is 11.4 Å². The minimum atomic E-state index is -3.81. The van der Waals surface area contributed by atoms with Crippen LogP contribution in [0.25, 0.3) is 0 Å². The molecule has 0 unspecified atom stereocenters. The highest BCUT2D eigenvalue weighted by Gasteiger charge is 2.36. The summed E-state index contributed by atoms with van der Waals surface area (Å²) in [6, 6.07) is 0. The van der Waals surface area contributed by atoms with E-state index in [9.17, 15) is 16.8 Å². The molecule has 10 nitrogen and oxygen atoms in total. The highest BCUT2D eigenvalue weighted by Crippen LogP contribution is 2.27. The van der Waals surface area contributed by atoms with Crippen molar-refractivity contribution in [3.8, 4) is 0 Å². The first kappa shape index (κ1) is 21.0. The van der Waals surface area contributed by atoms with Gasteiger partial charge in [-0.15, -0.1) is 0 Å². The summed E-state index contributed by atoms with van der Waals surface area (Å²) in [4.78, 5) is 0.250. The van der Waals surface area contributed by atoms with Crippen molar-refractivity contribution in [1.29, 1.82) is 0 Å². The highest BCUT2D eigenvalue weighted by molar-refractivity contribution is 7.89. The Hall–Kier alpha value is -1.76. The predicted molar refractivity (Wildman–Crippen MR) is 101 cm³/mol. The number of aryl methyl sites for hydroxylation is 4. The Bertz CT molecular complexity index is 1080. The van der Waals surface area contributed by atoms with Gasteiger partial charge in [-0.1, -0.05) is 5.16 Å². The maximum absolute atomic E-state index is 13.2. The molecule has 3 rings (SSSR count). The van der Waals surface area contributed by atoms with Crippen LogP contribution in [0.4, 0.5) is 0 Å². The first-order valence-electron chi connectivity index (χ1n) is 8.91. The van der Waals surface area contributed by atoms with E-state index in [4.69, 9.17) is 4.52 Å². The Kier molecular flexibility index (Phi) is 5.42. The molecule has 0 atom stereocenters. The van der Waals surface area contributed by atoms with E-state index in [1.807, 2.05) is 0 Å². The van der Waals surface area contributed by atoms with Gasteiger partial charge >= 0.3 is 0 Å². The quantitative estimate of drug-likeness (QED) is 0.700. The molecule has 1 aliphatic rings. The zero-order valence-electron chi connectivity index (χ0n) is 16.6. The van der Waals surface area contributed by atoms with E-state index in [1.165, 1.54) is 13.3 Å². The largest absolute Gasteiger partial charge is 0.360 e. The van der Waals surface area contributed by atoms with Gasteiger partial charge in [0, 0.05) is 33.2 Å². The molecule has 156 valence electrons. The number of hydrogen-bond acceptors (Lipinski definition) is 7. The fraction of sp³-hybridized carbons (Fsp3) is 0.625. The number of hydrogen-bond donors (Lipinski definition) is 0. The lowest BCUT2D eigenvalue weighted by Gasteiger charge is -2.21. The second-order valence-corrected chi connectivity index (χ2v) is 10.7. The molecule has 12 heteroatoms. The fourth-order valence-electron chi connectivity index (χ4n) is 3.58. The van der Waals surface area contributed by atoms with Crippen LogP contribution in [-0.4, -0.2) is 66.6 Å². The molecule has 1 fully saturated rings. The summed E-state index contributed by atoms with van der Waals surface area (Å²) in [7, 11) is -5.88. The molecule has 0 bridgehead atoms.